The zero-order chi connectivity index (χ0) is 13.6. The van der Waals surface area contributed by atoms with Crippen molar-refractivity contribution < 1.29 is 9.72 Å². The Labute approximate surface area is 106 Å². The molecule has 4 nitrogen and oxygen atoms in total. The van der Waals surface area contributed by atoms with E-state index in [1.807, 2.05) is 30.3 Å². The highest BCUT2D eigenvalue weighted by atomic mass is 16.6. The first-order chi connectivity index (χ1) is 8.30. The highest BCUT2D eigenvalue weighted by Gasteiger charge is 2.73. The number of nitro groups is 1. The Kier molecular flexibility index (Phi) is 2.76. The lowest BCUT2D eigenvalue weighted by atomic mass is 9.83. The summed E-state index contributed by atoms with van der Waals surface area (Å²) in [6.45, 7) is 5.21. The number of carbonyl (C=O) groups excluding carboxylic acids is 1. The highest BCUT2D eigenvalue weighted by molar-refractivity contribution is 5.95. The van der Waals surface area contributed by atoms with Crippen LogP contribution in [0, 0.1) is 15.5 Å². The summed E-state index contributed by atoms with van der Waals surface area (Å²) >= 11 is 0. The molecular formula is C14H17NO3. The van der Waals surface area contributed by atoms with E-state index in [-0.39, 0.29) is 11.7 Å². The first-order valence-corrected chi connectivity index (χ1v) is 6.04. The summed E-state index contributed by atoms with van der Waals surface area (Å²) in [5.41, 5.74) is -1.21. The molecule has 0 saturated heterocycles. The molecule has 0 amide bonds. The predicted octanol–water partition coefficient (Wildman–Crippen LogP) is 2.80. The van der Waals surface area contributed by atoms with Crippen LogP contribution in [0.2, 0.25) is 0 Å². The van der Waals surface area contributed by atoms with Gasteiger partial charge in [0.15, 0.2) is 0 Å². The van der Waals surface area contributed by atoms with Gasteiger partial charge in [-0.25, -0.2) is 0 Å². The maximum absolute atomic E-state index is 12.3. The number of rotatable bonds is 3. The number of hydrogen-bond acceptors (Lipinski definition) is 3. The van der Waals surface area contributed by atoms with Gasteiger partial charge in [0, 0.05) is 16.8 Å². The maximum atomic E-state index is 12.3. The third-order valence-electron chi connectivity index (χ3n) is 3.53. The third kappa shape index (κ3) is 1.82. The van der Waals surface area contributed by atoms with Gasteiger partial charge in [0.05, 0.1) is 5.92 Å². The van der Waals surface area contributed by atoms with Crippen LogP contribution in [-0.2, 0) is 4.79 Å². The molecule has 0 spiro atoms. The van der Waals surface area contributed by atoms with Crippen LogP contribution in [0.5, 0.6) is 0 Å². The van der Waals surface area contributed by atoms with Gasteiger partial charge < -0.3 is 0 Å². The molecule has 1 fully saturated rings. The fourth-order valence-corrected chi connectivity index (χ4v) is 2.52. The van der Waals surface area contributed by atoms with Crippen LogP contribution in [0.4, 0.5) is 0 Å². The largest absolute Gasteiger partial charge is 0.291 e. The van der Waals surface area contributed by atoms with Gasteiger partial charge in [0.2, 0.25) is 5.78 Å². The minimum atomic E-state index is -1.40. The zero-order valence-electron chi connectivity index (χ0n) is 10.8. The second kappa shape index (κ2) is 3.90. The van der Waals surface area contributed by atoms with Gasteiger partial charge in [-0.2, -0.15) is 0 Å². The summed E-state index contributed by atoms with van der Waals surface area (Å²) in [6.07, 6.45) is 0.320. The Hall–Kier alpha value is -1.71. The van der Waals surface area contributed by atoms with Crippen LogP contribution in [0.3, 0.4) is 0 Å². The lowest BCUT2D eigenvalue weighted by Gasteiger charge is -2.19. The summed E-state index contributed by atoms with van der Waals surface area (Å²) in [5.74, 6) is -0.547. The van der Waals surface area contributed by atoms with Crippen molar-refractivity contribution in [3.05, 3.63) is 46.0 Å². The molecule has 4 heteroatoms. The first-order valence-electron chi connectivity index (χ1n) is 6.04. The normalized spacial score (nSPS) is 26.7. The third-order valence-corrected chi connectivity index (χ3v) is 3.53. The SMILES string of the molecule is CC(C)(C)C(=O)[C@@]1([N+](=O)[O-])C[C@@H]1c1ccccc1. The van der Waals surface area contributed by atoms with Crippen molar-refractivity contribution in [2.75, 3.05) is 0 Å². The maximum Gasteiger partial charge on any atom is 0.287 e. The van der Waals surface area contributed by atoms with Gasteiger partial charge in [-0.15, -0.1) is 0 Å². The van der Waals surface area contributed by atoms with Crippen molar-refractivity contribution in [1.29, 1.82) is 0 Å². The number of hydrogen-bond donors (Lipinski definition) is 0. The van der Waals surface area contributed by atoms with Crippen molar-refractivity contribution >= 4 is 5.78 Å². The van der Waals surface area contributed by atoms with E-state index < -0.39 is 15.9 Å². The number of ketones is 1. The van der Waals surface area contributed by atoms with Crippen LogP contribution in [0.1, 0.15) is 38.7 Å². The molecule has 0 radical (unpaired) electrons. The van der Waals surface area contributed by atoms with Crippen LogP contribution in [0.25, 0.3) is 0 Å². The minimum Gasteiger partial charge on any atom is -0.291 e. The summed E-state index contributed by atoms with van der Waals surface area (Å²) in [5, 5.41) is 11.3. The Balaban J connectivity index is 2.35. The lowest BCUT2D eigenvalue weighted by molar-refractivity contribution is -0.524. The zero-order valence-corrected chi connectivity index (χ0v) is 10.8. The van der Waals surface area contributed by atoms with Crippen LogP contribution >= 0.6 is 0 Å². The second-order valence-electron chi connectivity index (χ2n) is 5.93. The molecular weight excluding hydrogens is 230 g/mol. The number of Topliss-reactive ketones (excluding diaryl/α,β-unsaturated/α-hetero) is 1. The summed E-state index contributed by atoms with van der Waals surface area (Å²) in [4.78, 5) is 23.3. The molecule has 0 unspecified atom stereocenters. The quantitative estimate of drug-likeness (QED) is 0.609. The summed E-state index contributed by atoms with van der Waals surface area (Å²) in [6, 6.07) is 9.27. The predicted molar refractivity (Wildman–Crippen MR) is 68.0 cm³/mol. The number of nitrogens with zero attached hydrogens (tertiary/aromatic N) is 1. The van der Waals surface area contributed by atoms with E-state index in [0.29, 0.717) is 6.42 Å². The highest BCUT2D eigenvalue weighted by Crippen LogP contribution is 2.56. The van der Waals surface area contributed by atoms with Gasteiger partial charge in [-0.05, 0) is 5.56 Å². The van der Waals surface area contributed by atoms with Gasteiger partial charge >= 0.3 is 0 Å². The number of benzene rings is 1. The molecule has 18 heavy (non-hydrogen) atoms. The van der Waals surface area contributed by atoms with E-state index in [0.717, 1.165) is 5.56 Å². The van der Waals surface area contributed by atoms with Crippen LogP contribution in [-0.4, -0.2) is 16.2 Å². The molecule has 0 heterocycles. The Morgan fingerprint density at radius 1 is 1.33 bits per heavy atom. The van der Waals surface area contributed by atoms with Gasteiger partial charge in [0.25, 0.3) is 5.54 Å². The fraction of sp³-hybridized carbons (Fsp3) is 0.500. The van der Waals surface area contributed by atoms with E-state index in [2.05, 4.69) is 0 Å². The average molecular weight is 247 g/mol. The van der Waals surface area contributed by atoms with Crippen molar-refractivity contribution in [2.24, 2.45) is 5.41 Å². The van der Waals surface area contributed by atoms with E-state index in [1.54, 1.807) is 20.8 Å². The molecule has 2 rings (SSSR count). The molecule has 0 aromatic heterocycles. The molecule has 1 saturated carbocycles. The Morgan fingerprint density at radius 3 is 2.33 bits per heavy atom. The molecule has 1 aromatic carbocycles. The van der Waals surface area contributed by atoms with E-state index >= 15 is 0 Å². The summed E-state index contributed by atoms with van der Waals surface area (Å²) < 4.78 is 0. The van der Waals surface area contributed by atoms with Crippen LogP contribution < -0.4 is 0 Å². The molecule has 0 bridgehead atoms. The van der Waals surface area contributed by atoms with E-state index in [4.69, 9.17) is 0 Å². The van der Waals surface area contributed by atoms with E-state index in [9.17, 15) is 14.9 Å². The molecule has 0 N–H and O–H groups in total. The molecule has 0 aliphatic heterocycles. The number of carbonyl (C=O) groups is 1. The molecule has 1 aliphatic rings. The van der Waals surface area contributed by atoms with Crippen molar-refractivity contribution in [3.63, 3.8) is 0 Å². The second-order valence-corrected chi connectivity index (χ2v) is 5.93. The topological polar surface area (TPSA) is 60.2 Å². The van der Waals surface area contributed by atoms with Crippen molar-refractivity contribution in [2.45, 2.75) is 38.6 Å². The van der Waals surface area contributed by atoms with Crippen molar-refractivity contribution in [1.82, 2.24) is 0 Å². The standard InChI is InChI=1S/C14H17NO3/c1-13(2,3)12(16)14(15(17)18)9-11(14)10-7-5-4-6-8-10/h4-8,11H,9H2,1-3H3/t11-,14-/m1/s1. The molecule has 1 aromatic rings. The Bertz CT molecular complexity index is 490. The summed E-state index contributed by atoms with van der Waals surface area (Å²) in [7, 11) is 0. The van der Waals surface area contributed by atoms with Gasteiger partial charge in [-0.3, -0.25) is 14.9 Å². The first kappa shape index (κ1) is 12.7. The fourth-order valence-electron chi connectivity index (χ4n) is 2.52. The molecule has 1 aliphatic carbocycles. The van der Waals surface area contributed by atoms with Gasteiger partial charge in [-0.1, -0.05) is 51.1 Å². The van der Waals surface area contributed by atoms with Gasteiger partial charge in [0.1, 0.15) is 0 Å². The smallest absolute Gasteiger partial charge is 0.287 e. The molecule has 96 valence electrons. The monoisotopic (exact) mass is 247 g/mol. The lowest BCUT2D eigenvalue weighted by Crippen LogP contribution is -2.41. The van der Waals surface area contributed by atoms with E-state index in [1.165, 1.54) is 0 Å². The van der Waals surface area contributed by atoms with Crippen LogP contribution in [0.15, 0.2) is 30.3 Å². The Morgan fingerprint density at radius 2 is 1.89 bits per heavy atom. The van der Waals surface area contributed by atoms with Crippen molar-refractivity contribution in [3.8, 4) is 0 Å². The molecule has 2 atom stereocenters. The minimum absolute atomic E-state index is 0.270. The average Bonchev–Trinajstić information content (AvgIpc) is 3.04.